The Morgan fingerprint density at radius 1 is 1.19 bits per heavy atom. The van der Waals surface area contributed by atoms with E-state index in [2.05, 4.69) is 10.7 Å². The minimum Gasteiger partial charge on any atom is -0.345 e. The van der Waals surface area contributed by atoms with Crippen LogP contribution in [0.15, 0.2) is 42.5 Å². The van der Waals surface area contributed by atoms with Gasteiger partial charge < -0.3 is 10.7 Å². The quantitative estimate of drug-likeness (QED) is 0.598. The molecule has 4 N–H and O–H groups in total. The molecule has 0 fully saturated rings. The topological polar surface area (TPSA) is 67.1 Å². The molecule has 0 aliphatic heterocycles. The normalized spacial score (nSPS) is 11.8. The van der Waals surface area contributed by atoms with E-state index in [0.29, 0.717) is 11.3 Å². The summed E-state index contributed by atoms with van der Waals surface area (Å²) in [6.45, 7) is 3.75. The lowest BCUT2D eigenvalue weighted by atomic mass is 10.1. The van der Waals surface area contributed by atoms with Crippen LogP contribution in [0, 0.1) is 12.7 Å². The molecule has 0 bridgehead atoms. The predicted molar refractivity (Wildman–Crippen MR) is 81.3 cm³/mol. The van der Waals surface area contributed by atoms with Crippen LogP contribution >= 0.6 is 0 Å². The summed E-state index contributed by atoms with van der Waals surface area (Å²) in [5.74, 6) is 4.89. The number of aryl methyl sites for hydroxylation is 1. The lowest BCUT2D eigenvalue weighted by Gasteiger charge is -2.16. The monoisotopic (exact) mass is 287 g/mol. The van der Waals surface area contributed by atoms with Gasteiger partial charge in [0.05, 0.1) is 17.3 Å². The fourth-order valence-corrected chi connectivity index (χ4v) is 2.08. The van der Waals surface area contributed by atoms with Gasteiger partial charge in [-0.1, -0.05) is 23.8 Å². The number of carbonyl (C=O) groups is 1. The molecule has 1 unspecified atom stereocenters. The van der Waals surface area contributed by atoms with E-state index in [1.54, 1.807) is 24.3 Å². The second-order valence-corrected chi connectivity index (χ2v) is 4.94. The van der Waals surface area contributed by atoms with E-state index in [-0.39, 0.29) is 17.8 Å². The Balaban J connectivity index is 2.17. The summed E-state index contributed by atoms with van der Waals surface area (Å²) in [7, 11) is 0. The fourth-order valence-electron chi connectivity index (χ4n) is 2.08. The van der Waals surface area contributed by atoms with E-state index in [0.717, 1.165) is 11.1 Å². The SMILES string of the molecule is Cc1ccc(NN)c(C(=O)NC(C)c2ccc(F)cc2)c1. The van der Waals surface area contributed by atoms with Crippen LogP contribution in [0.5, 0.6) is 0 Å². The Morgan fingerprint density at radius 3 is 2.48 bits per heavy atom. The number of nitrogens with two attached hydrogens (primary N) is 1. The van der Waals surface area contributed by atoms with Crippen LogP contribution in [-0.2, 0) is 0 Å². The zero-order valence-corrected chi connectivity index (χ0v) is 12.0. The zero-order chi connectivity index (χ0) is 15.4. The summed E-state index contributed by atoms with van der Waals surface area (Å²) >= 11 is 0. The van der Waals surface area contributed by atoms with Gasteiger partial charge in [-0.25, -0.2) is 4.39 Å². The Kier molecular flexibility index (Phi) is 4.55. The van der Waals surface area contributed by atoms with Crippen LogP contribution in [0.2, 0.25) is 0 Å². The zero-order valence-electron chi connectivity index (χ0n) is 12.0. The molecule has 0 aromatic heterocycles. The standard InChI is InChI=1S/C16H18FN3O/c1-10-3-8-15(20-18)14(9-10)16(21)19-11(2)12-4-6-13(17)7-5-12/h3-9,11,20H,18H2,1-2H3,(H,19,21). The van der Waals surface area contributed by atoms with Crippen molar-refractivity contribution < 1.29 is 9.18 Å². The van der Waals surface area contributed by atoms with E-state index in [9.17, 15) is 9.18 Å². The van der Waals surface area contributed by atoms with E-state index in [4.69, 9.17) is 5.84 Å². The Labute approximate surface area is 123 Å². The Bertz CT molecular complexity index is 640. The number of benzene rings is 2. The molecule has 0 saturated carbocycles. The van der Waals surface area contributed by atoms with Crippen LogP contribution in [0.3, 0.4) is 0 Å². The van der Waals surface area contributed by atoms with Gasteiger partial charge in [-0.05, 0) is 43.7 Å². The molecule has 0 saturated heterocycles. The van der Waals surface area contributed by atoms with Crippen molar-refractivity contribution in [3.63, 3.8) is 0 Å². The second kappa shape index (κ2) is 6.37. The molecule has 2 aromatic carbocycles. The summed E-state index contributed by atoms with van der Waals surface area (Å²) in [6, 6.07) is 11.2. The first-order valence-electron chi connectivity index (χ1n) is 6.65. The number of rotatable bonds is 4. The third-order valence-electron chi connectivity index (χ3n) is 3.29. The van der Waals surface area contributed by atoms with Crippen molar-refractivity contribution in [2.75, 3.05) is 5.43 Å². The van der Waals surface area contributed by atoms with Gasteiger partial charge in [-0.15, -0.1) is 0 Å². The minimum atomic E-state index is -0.300. The third-order valence-corrected chi connectivity index (χ3v) is 3.29. The Hall–Kier alpha value is -2.40. The Morgan fingerprint density at radius 2 is 1.86 bits per heavy atom. The molecule has 0 radical (unpaired) electrons. The van der Waals surface area contributed by atoms with Gasteiger partial charge in [0.25, 0.3) is 5.91 Å². The highest BCUT2D eigenvalue weighted by molar-refractivity contribution is 5.99. The van der Waals surface area contributed by atoms with E-state index in [1.807, 2.05) is 19.9 Å². The number of hydrogen-bond acceptors (Lipinski definition) is 3. The third kappa shape index (κ3) is 3.58. The molecular weight excluding hydrogens is 269 g/mol. The van der Waals surface area contributed by atoms with Crippen LogP contribution in [0.1, 0.15) is 34.5 Å². The lowest BCUT2D eigenvalue weighted by molar-refractivity contribution is 0.0940. The maximum atomic E-state index is 12.9. The van der Waals surface area contributed by atoms with Gasteiger partial charge >= 0.3 is 0 Å². The summed E-state index contributed by atoms with van der Waals surface area (Å²) in [5, 5.41) is 2.88. The highest BCUT2D eigenvalue weighted by Gasteiger charge is 2.15. The number of nitrogen functional groups attached to an aromatic ring is 1. The number of nitrogens with one attached hydrogen (secondary N) is 2. The maximum Gasteiger partial charge on any atom is 0.253 e. The molecular formula is C16H18FN3O. The van der Waals surface area contributed by atoms with Gasteiger partial charge in [0.2, 0.25) is 0 Å². The number of anilines is 1. The maximum absolute atomic E-state index is 12.9. The van der Waals surface area contributed by atoms with Gasteiger partial charge in [-0.2, -0.15) is 0 Å². The molecule has 0 aliphatic rings. The molecule has 0 heterocycles. The van der Waals surface area contributed by atoms with Crippen molar-refractivity contribution in [1.29, 1.82) is 0 Å². The lowest BCUT2D eigenvalue weighted by Crippen LogP contribution is -2.28. The van der Waals surface area contributed by atoms with E-state index >= 15 is 0 Å². The van der Waals surface area contributed by atoms with Crippen molar-refractivity contribution in [2.24, 2.45) is 5.84 Å². The second-order valence-electron chi connectivity index (χ2n) is 4.94. The van der Waals surface area contributed by atoms with Crippen molar-refractivity contribution in [3.05, 3.63) is 65.0 Å². The fraction of sp³-hybridized carbons (Fsp3) is 0.188. The smallest absolute Gasteiger partial charge is 0.253 e. The number of amides is 1. The van der Waals surface area contributed by atoms with E-state index < -0.39 is 0 Å². The number of hydrazine groups is 1. The van der Waals surface area contributed by atoms with Crippen molar-refractivity contribution in [3.8, 4) is 0 Å². The highest BCUT2D eigenvalue weighted by atomic mass is 19.1. The molecule has 4 nitrogen and oxygen atoms in total. The van der Waals surface area contributed by atoms with Gasteiger partial charge in [0.15, 0.2) is 0 Å². The van der Waals surface area contributed by atoms with Crippen molar-refractivity contribution in [2.45, 2.75) is 19.9 Å². The van der Waals surface area contributed by atoms with E-state index in [1.165, 1.54) is 12.1 Å². The summed E-state index contributed by atoms with van der Waals surface area (Å²) in [4.78, 5) is 12.3. The van der Waals surface area contributed by atoms with Crippen LogP contribution in [-0.4, -0.2) is 5.91 Å². The highest BCUT2D eigenvalue weighted by Crippen LogP contribution is 2.19. The minimum absolute atomic E-state index is 0.232. The van der Waals surface area contributed by atoms with Crippen LogP contribution in [0.4, 0.5) is 10.1 Å². The average Bonchev–Trinajstić information content (AvgIpc) is 2.47. The molecule has 1 amide bonds. The molecule has 1 atom stereocenters. The first-order valence-corrected chi connectivity index (χ1v) is 6.65. The number of hydrogen-bond donors (Lipinski definition) is 3. The predicted octanol–water partition coefficient (Wildman–Crippen LogP) is 2.91. The number of halogens is 1. The summed E-state index contributed by atoms with van der Waals surface area (Å²) in [6.07, 6.45) is 0. The molecule has 2 aromatic rings. The molecule has 110 valence electrons. The molecule has 5 heteroatoms. The van der Waals surface area contributed by atoms with Crippen molar-refractivity contribution in [1.82, 2.24) is 5.32 Å². The van der Waals surface area contributed by atoms with Gasteiger partial charge in [-0.3, -0.25) is 10.6 Å². The number of carbonyl (C=O) groups excluding carboxylic acids is 1. The largest absolute Gasteiger partial charge is 0.345 e. The van der Waals surface area contributed by atoms with Gasteiger partial charge in [0.1, 0.15) is 5.82 Å². The van der Waals surface area contributed by atoms with Crippen LogP contribution in [0.25, 0.3) is 0 Å². The van der Waals surface area contributed by atoms with Crippen LogP contribution < -0.4 is 16.6 Å². The van der Waals surface area contributed by atoms with Crippen molar-refractivity contribution >= 4 is 11.6 Å². The molecule has 21 heavy (non-hydrogen) atoms. The molecule has 0 aliphatic carbocycles. The molecule has 0 spiro atoms. The molecule has 2 rings (SSSR count). The first-order chi connectivity index (χ1) is 10.0. The average molecular weight is 287 g/mol. The van der Waals surface area contributed by atoms with Gasteiger partial charge in [0, 0.05) is 0 Å². The summed E-state index contributed by atoms with van der Waals surface area (Å²) < 4.78 is 12.9. The first kappa shape index (κ1) is 15.0. The summed E-state index contributed by atoms with van der Waals surface area (Å²) in [5.41, 5.74) is 5.35.